The Hall–Kier alpha value is -2.43. The lowest BCUT2D eigenvalue weighted by molar-refractivity contribution is 0.0938. The Morgan fingerprint density at radius 1 is 1.13 bits per heavy atom. The second kappa shape index (κ2) is 7.72. The number of benzene rings is 1. The molecular weight excluding hydrogens is 288 g/mol. The molecule has 2 rings (SSSR count). The van der Waals surface area contributed by atoms with Crippen molar-refractivity contribution in [2.75, 3.05) is 4.90 Å². The lowest BCUT2D eigenvalue weighted by atomic mass is 10.2. The Bertz CT molecular complexity index is 640. The summed E-state index contributed by atoms with van der Waals surface area (Å²) >= 11 is 0. The van der Waals surface area contributed by atoms with Crippen LogP contribution in [-0.4, -0.2) is 28.0 Å². The van der Waals surface area contributed by atoms with E-state index in [4.69, 9.17) is 0 Å². The Labute approximate surface area is 137 Å². The number of nitrogens with one attached hydrogen (secondary N) is 1. The standard InChI is InChI=1S/C18H24N4O/c1-13(2)20-17(23)16-10-11-19-18(21-16)22(14(3)4)12-15-8-6-5-7-9-15/h5-11,13-14H,12H2,1-4H3,(H,20,23). The molecule has 1 heterocycles. The molecule has 23 heavy (non-hydrogen) atoms. The van der Waals surface area contributed by atoms with Crippen molar-refractivity contribution in [3.05, 3.63) is 53.9 Å². The molecule has 0 atom stereocenters. The van der Waals surface area contributed by atoms with E-state index >= 15 is 0 Å². The highest BCUT2D eigenvalue weighted by Gasteiger charge is 2.17. The van der Waals surface area contributed by atoms with Crippen molar-refractivity contribution in [2.45, 2.75) is 46.3 Å². The molecule has 0 bridgehead atoms. The average Bonchev–Trinajstić information content (AvgIpc) is 2.53. The van der Waals surface area contributed by atoms with E-state index in [0.717, 1.165) is 0 Å². The van der Waals surface area contributed by atoms with Gasteiger partial charge in [-0.15, -0.1) is 0 Å². The highest BCUT2D eigenvalue weighted by atomic mass is 16.1. The summed E-state index contributed by atoms with van der Waals surface area (Å²) in [7, 11) is 0. The van der Waals surface area contributed by atoms with Crippen LogP contribution in [0.3, 0.4) is 0 Å². The van der Waals surface area contributed by atoms with Crippen molar-refractivity contribution in [1.29, 1.82) is 0 Å². The van der Waals surface area contributed by atoms with Crippen molar-refractivity contribution >= 4 is 11.9 Å². The van der Waals surface area contributed by atoms with Gasteiger partial charge in [0.2, 0.25) is 5.95 Å². The largest absolute Gasteiger partial charge is 0.349 e. The van der Waals surface area contributed by atoms with Gasteiger partial charge >= 0.3 is 0 Å². The lowest BCUT2D eigenvalue weighted by Gasteiger charge is -2.27. The van der Waals surface area contributed by atoms with Crippen molar-refractivity contribution in [1.82, 2.24) is 15.3 Å². The van der Waals surface area contributed by atoms with E-state index in [2.05, 4.69) is 46.2 Å². The van der Waals surface area contributed by atoms with E-state index in [1.807, 2.05) is 32.0 Å². The average molecular weight is 312 g/mol. The molecule has 0 saturated carbocycles. The molecule has 122 valence electrons. The molecule has 0 unspecified atom stereocenters. The molecule has 0 spiro atoms. The molecule has 2 aromatic rings. The first-order chi connectivity index (χ1) is 11.0. The summed E-state index contributed by atoms with van der Waals surface area (Å²) in [4.78, 5) is 23.0. The number of amides is 1. The lowest BCUT2D eigenvalue weighted by Crippen LogP contribution is -2.34. The van der Waals surface area contributed by atoms with Gasteiger partial charge in [-0.2, -0.15) is 0 Å². The molecule has 0 aliphatic heterocycles. The van der Waals surface area contributed by atoms with Crippen LogP contribution in [0.25, 0.3) is 0 Å². The first-order valence-electron chi connectivity index (χ1n) is 7.92. The number of anilines is 1. The molecule has 0 radical (unpaired) electrons. The van der Waals surface area contributed by atoms with Crippen LogP contribution >= 0.6 is 0 Å². The minimum Gasteiger partial charge on any atom is -0.349 e. The third-order valence-electron chi connectivity index (χ3n) is 3.37. The van der Waals surface area contributed by atoms with Gasteiger partial charge in [0.25, 0.3) is 5.91 Å². The fourth-order valence-electron chi connectivity index (χ4n) is 2.21. The minimum absolute atomic E-state index is 0.0754. The highest BCUT2D eigenvalue weighted by molar-refractivity contribution is 5.92. The summed E-state index contributed by atoms with van der Waals surface area (Å²) in [5.74, 6) is 0.396. The molecular formula is C18H24N4O. The maximum absolute atomic E-state index is 12.1. The molecule has 1 aromatic heterocycles. The van der Waals surface area contributed by atoms with Gasteiger partial charge in [0, 0.05) is 24.8 Å². The van der Waals surface area contributed by atoms with E-state index in [1.54, 1.807) is 12.3 Å². The molecule has 1 N–H and O–H groups in total. The molecule has 1 amide bonds. The molecule has 0 aliphatic carbocycles. The first kappa shape index (κ1) is 16.9. The van der Waals surface area contributed by atoms with Gasteiger partial charge in [-0.05, 0) is 39.3 Å². The minimum atomic E-state index is -0.174. The van der Waals surface area contributed by atoms with Gasteiger partial charge < -0.3 is 10.2 Å². The van der Waals surface area contributed by atoms with Crippen molar-refractivity contribution in [2.24, 2.45) is 0 Å². The van der Waals surface area contributed by atoms with Crippen LogP contribution in [0, 0.1) is 0 Å². The summed E-state index contributed by atoms with van der Waals surface area (Å²) in [6.07, 6.45) is 1.64. The highest BCUT2D eigenvalue weighted by Crippen LogP contribution is 2.16. The van der Waals surface area contributed by atoms with E-state index in [1.165, 1.54) is 5.56 Å². The number of aromatic nitrogens is 2. The maximum atomic E-state index is 12.1. The molecule has 1 aromatic carbocycles. The van der Waals surface area contributed by atoms with E-state index in [0.29, 0.717) is 18.2 Å². The number of nitrogens with zero attached hydrogens (tertiary/aromatic N) is 3. The van der Waals surface area contributed by atoms with Gasteiger partial charge in [0.15, 0.2) is 0 Å². The quantitative estimate of drug-likeness (QED) is 0.891. The van der Waals surface area contributed by atoms with Gasteiger partial charge in [0.1, 0.15) is 5.69 Å². The summed E-state index contributed by atoms with van der Waals surface area (Å²) in [6, 6.07) is 12.1. The van der Waals surface area contributed by atoms with Crippen LogP contribution < -0.4 is 10.2 Å². The second-order valence-electron chi connectivity index (χ2n) is 6.08. The first-order valence-corrected chi connectivity index (χ1v) is 7.92. The fourth-order valence-corrected chi connectivity index (χ4v) is 2.21. The number of rotatable bonds is 6. The molecule has 0 saturated heterocycles. The van der Waals surface area contributed by atoms with Crippen LogP contribution in [0.4, 0.5) is 5.95 Å². The van der Waals surface area contributed by atoms with Crippen molar-refractivity contribution in [3.8, 4) is 0 Å². The zero-order valence-corrected chi connectivity index (χ0v) is 14.2. The van der Waals surface area contributed by atoms with Gasteiger partial charge in [-0.3, -0.25) is 4.79 Å². The number of hydrogen-bond acceptors (Lipinski definition) is 4. The van der Waals surface area contributed by atoms with Crippen molar-refractivity contribution < 1.29 is 4.79 Å². The second-order valence-corrected chi connectivity index (χ2v) is 6.08. The Morgan fingerprint density at radius 2 is 1.83 bits per heavy atom. The Balaban J connectivity index is 2.24. The number of hydrogen-bond donors (Lipinski definition) is 1. The third-order valence-corrected chi connectivity index (χ3v) is 3.37. The summed E-state index contributed by atoms with van der Waals surface area (Å²) in [6.45, 7) is 8.74. The van der Waals surface area contributed by atoms with E-state index in [-0.39, 0.29) is 18.0 Å². The SMILES string of the molecule is CC(C)NC(=O)c1ccnc(N(Cc2ccccc2)C(C)C)n1. The van der Waals surface area contributed by atoms with E-state index in [9.17, 15) is 4.79 Å². The van der Waals surface area contributed by atoms with Crippen LogP contribution in [0.2, 0.25) is 0 Å². The van der Waals surface area contributed by atoms with Gasteiger partial charge in [-0.1, -0.05) is 30.3 Å². The number of carbonyl (C=O) groups is 1. The maximum Gasteiger partial charge on any atom is 0.270 e. The molecule has 5 nitrogen and oxygen atoms in total. The van der Waals surface area contributed by atoms with E-state index < -0.39 is 0 Å². The molecule has 0 fully saturated rings. The van der Waals surface area contributed by atoms with Crippen LogP contribution in [0.5, 0.6) is 0 Å². The predicted molar refractivity (Wildman–Crippen MR) is 92.4 cm³/mol. The fraction of sp³-hybridized carbons (Fsp3) is 0.389. The predicted octanol–water partition coefficient (Wildman–Crippen LogP) is 3.03. The Morgan fingerprint density at radius 3 is 2.43 bits per heavy atom. The summed E-state index contributed by atoms with van der Waals surface area (Å²) in [5.41, 5.74) is 1.57. The number of carbonyl (C=O) groups excluding carboxylic acids is 1. The molecule has 5 heteroatoms. The zero-order chi connectivity index (χ0) is 16.8. The van der Waals surface area contributed by atoms with Gasteiger partial charge in [-0.25, -0.2) is 9.97 Å². The third kappa shape index (κ3) is 4.77. The zero-order valence-electron chi connectivity index (χ0n) is 14.2. The van der Waals surface area contributed by atoms with Gasteiger partial charge in [0.05, 0.1) is 0 Å². The van der Waals surface area contributed by atoms with Crippen LogP contribution in [-0.2, 0) is 6.54 Å². The Kier molecular flexibility index (Phi) is 5.68. The smallest absolute Gasteiger partial charge is 0.270 e. The summed E-state index contributed by atoms with van der Waals surface area (Å²) in [5, 5.41) is 2.86. The van der Waals surface area contributed by atoms with Crippen LogP contribution in [0.1, 0.15) is 43.7 Å². The summed E-state index contributed by atoms with van der Waals surface area (Å²) < 4.78 is 0. The normalized spacial score (nSPS) is 10.9. The topological polar surface area (TPSA) is 58.1 Å². The van der Waals surface area contributed by atoms with Crippen molar-refractivity contribution in [3.63, 3.8) is 0 Å². The monoisotopic (exact) mass is 312 g/mol. The molecule has 0 aliphatic rings. The van der Waals surface area contributed by atoms with Crippen LogP contribution in [0.15, 0.2) is 42.6 Å².